The minimum absolute atomic E-state index is 0.135. The maximum Gasteiger partial charge on any atom is 0.339 e. The van der Waals surface area contributed by atoms with Gasteiger partial charge in [-0.15, -0.1) is 0 Å². The molecular weight excluding hydrogens is 326 g/mol. The standard InChI is InChI=1S/C17H19N3O5/c1-10-14(11(2)21)6-4-12(19-10)9-18-16-8-13(20(23)24)5-7-15(16)17(22)25-3/h4-8,11,18,21H,9H2,1-3H3. The molecule has 1 heterocycles. The Bertz CT molecular complexity index is 805. The number of nitro benzene ring substituents is 1. The molecule has 2 N–H and O–H groups in total. The largest absolute Gasteiger partial charge is 0.465 e. The number of pyridine rings is 1. The average Bonchev–Trinajstić information content (AvgIpc) is 2.58. The second kappa shape index (κ2) is 7.71. The highest BCUT2D eigenvalue weighted by molar-refractivity contribution is 5.96. The van der Waals surface area contributed by atoms with Gasteiger partial charge in [-0.2, -0.15) is 0 Å². The van der Waals surface area contributed by atoms with E-state index in [1.54, 1.807) is 26.0 Å². The Balaban J connectivity index is 2.27. The summed E-state index contributed by atoms with van der Waals surface area (Å²) in [5, 5.41) is 23.6. The Hall–Kier alpha value is -3.00. The number of nitro groups is 1. The average molecular weight is 345 g/mol. The number of aromatic nitrogens is 1. The van der Waals surface area contributed by atoms with Gasteiger partial charge in [0.1, 0.15) is 0 Å². The normalized spacial score (nSPS) is 11.7. The number of nitrogens with one attached hydrogen (secondary N) is 1. The Kier molecular flexibility index (Phi) is 5.66. The van der Waals surface area contributed by atoms with Crippen LogP contribution in [0.25, 0.3) is 0 Å². The molecule has 0 spiro atoms. The monoisotopic (exact) mass is 345 g/mol. The molecule has 132 valence electrons. The molecule has 1 aromatic carbocycles. The van der Waals surface area contributed by atoms with Crippen LogP contribution in [0, 0.1) is 17.0 Å². The van der Waals surface area contributed by atoms with Crippen molar-refractivity contribution in [3.63, 3.8) is 0 Å². The van der Waals surface area contributed by atoms with Gasteiger partial charge in [0, 0.05) is 23.4 Å². The summed E-state index contributed by atoms with van der Waals surface area (Å²) < 4.78 is 4.70. The van der Waals surface area contributed by atoms with Crippen molar-refractivity contribution < 1.29 is 19.6 Å². The summed E-state index contributed by atoms with van der Waals surface area (Å²) in [5.74, 6) is -0.592. The highest BCUT2D eigenvalue weighted by atomic mass is 16.6. The summed E-state index contributed by atoms with van der Waals surface area (Å²) in [7, 11) is 1.24. The quantitative estimate of drug-likeness (QED) is 0.470. The molecule has 1 atom stereocenters. The first-order chi connectivity index (χ1) is 11.8. The first kappa shape index (κ1) is 18.3. The van der Waals surface area contributed by atoms with E-state index in [0.29, 0.717) is 17.1 Å². The van der Waals surface area contributed by atoms with Gasteiger partial charge in [0.25, 0.3) is 5.69 Å². The molecule has 8 heteroatoms. The fourth-order valence-corrected chi connectivity index (χ4v) is 2.43. The van der Waals surface area contributed by atoms with E-state index in [1.165, 1.54) is 25.3 Å². The van der Waals surface area contributed by atoms with Crippen LogP contribution in [0.4, 0.5) is 11.4 Å². The molecule has 25 heavy (non-hydrogen) atoms. The van der Waals surface area contributed by atoms with Crippen molar-refractivity contribution >= 4 is 17.3 Å². The summed E-state index contributed by atoms with van der Waals surface area (Å²) in [4.78, 5) is 26.6. The fraction of sp³-hybridized carbons (Fsp3) is 0.294. The predicted molar refractivity (Wildman–Crippen MR) is 91.4 cm³/mol. The van der Waals surface area contributed by atoms with E-state index >= 15 is 0 Å². The molecule has 1 aromatic heterocycles. The Labute approximate surface area is 144 Å². The maximum atomic E-state index is 11.8. The van der Waals surface area contributed by atoms with Crippen LogP contribution in [0.15, 0.2) is 30.3 Å². The van der Waals surface area contributed by atoms with Crippen molar-refractivity contribution in [3.05, 3.63) is 63.0 Å². The molecule has 0 aliphatic rings. The van der Waals surface area contributed by atoms with Gasteiger partial charge in [-0.1, -0.05) is 6.07 Å². The van der Waals surface area contributed by atoms with Crippen LogP contribution in [0.5, 0.6) is 0 Å². The van der Waals surface area contributed by atoms with E-state index in [9.17, 15) is 20.0 Å². The van der Waals surface area contributed by atoms with Gasteiger partial charge in [-0.3, -0.25) is 15.1 Å². The van der Waals surface area contributed by atoms with Gasteiger partial charge in [0.05, 0.1) is 41.6 Å². The van der Waals surface area contributed by atoms with E-state index in [4.69, 9.17) is 4.74 Å². The van der Waals surface area contributed by atoms with Crippen molar-refractivity contribution in [2.24, 2.45) is 0 Å². The maximum absolute atomic E-state index is 11.8. The number of aryl methyl sites for hydroxylation is 1. The van der Waals surface area contributed by atoms with Gasteiger partial charge < -0.3 is 15.2 Å². The number of nitrogens with zero attached hydrogens (tertiary/aromatic N) is 2. The fourth-order valence-electron chi connectivity index (χ4n) is 2.43. The third-order valence-corrected chi connectivity index (χ3v) is 3.71. The lowest BCUT2D eigenvalue weighted by molar-refractivity contribution is -0.384. The Morgan fingerprint density at radius 3 is 2.68 bits per heavy atom. The second-order valence-electron chi connectivity index (χ2n) is 5.49. The van der Waals surface area contributed by atoms with Crippen LogP contribution in [0.1, 0.15) is 40.3 Å². The molecule has 0 saturated heterocycles. The molecule has 2 aromatic rings. The molecule has 1 unspecified atom stereocenters. The zero-order chi connectivity index (χ0) is 18.6. The summed E-state index contributed by atoms with van der Waals surface area (Å²) in [6, 6.07) is 7.40. The number of esters is 1. The van der Waals surface area contributed by atoms with Gasteiger partial charge >= 0.3 is 5.97 Å². The molecule has 0 saturated carbocycles. The molecule has 0 bridgehead atoms. The van der Waals surface area contributed by atoms with Crippen LogP contribution in [0.3, 0.4) is 0 Å². The van der Waals surface area contributed by atoms with Gasteiger partial charge in [-0.25, -0.2) is 4.79 Å². The van der Waals surface area contributed by atoms with E-state index < -0.39 is 17.0 Å². The summed E-state index contributed by atoms with van der Waals surface area (Å²) in [6.07, 6.45) is -0.614. The van der Waals surface area contributed by atoms with Crippen LogP contribution in [-0.4, -0.2) is 28.1 Å². The third kappa shape index (κ3) is 4.30. The SMILES string of the molecule is COC(=O)c1ccc([N+](=O)[O-])cc1NCc1ccc(C(C)O)c(C)n1. The van der Waals surface area contributed by atoms with Gasteiger partial charge in [0.2, 0.25) is 0 Å². The van der Waals surface area contributed by atoms with Crippen molar-refractivity contribution in [1.82, 2.24) is 4.98 Å². The lowest BCUT2D eigenvalue weighted by Gasteiger charge is -2.13. The van der Waals surface area contributed by atoms with Gasteiger partial charge in [0.15, 0.2) is 0 Å². The summed E-state index contributed by atoms with van der Waals surface area (Å²) >= 11 is 0. The first-order valence-corrected chi connectivity index (χ1v) is 7.58. The predicted octanol–water partition coefficient (Wildman–Crippen LogP) is 2.75. The van der Waals surface area contributed by atoms with Crippen molar-refractivity contribution in [2.75, 3.05) is 12.4 Å². The minimum Gasteiger partial charge on any atom is -0.465 e. The number of ether oxygens (including phenoxy) is 1. The van der Waals surface area contributed by atoms with Crippen molar-refractivity contribution in [1.29, 1.82) is 0 Å². The number of anilines is 1. The number of methoxy groups -OCH3 is 1. The van der Waals surface area contributed by atoms with Crippen LogP contribution in [-0.2, 0) is 11.3 Å². The van der Waals surface area contributed by atoms with E-state index in [-0.39, 0.29) is 17.8 Å². The molecule has 0 amide bonds. The number of carbonyl (C=O) groups excluding carboxylic acids is 1. The Morgan fingerprint density at radius 2 is 2.12 bits per heavy atom. The number of aliphatic hydroxyl groups excluding tert-OH is 1. The number of rotatable bonds is 6. The number of carbonyl (C=O) groups is 1. The molecule has 0 aliphatic carbocycles. The molecular formula is C17H19N3O5. The topological polar surface area (TPSA) is 115 Å². The molecule has 2 rings (SSSR count). The lowest BCUT2D eigenvalue weighted by Crippen LogP contribution is -2.10. The van der Waals surface area contributed by atoms with Crippen LogP contribution >= 0.6 is 0 Å². The third-order valence-electron chi connectivity index (χ3n) is 3.71. The van der Waals surface area contributed by atoms with Crippen LogP contribution < -0.4 is 5.32 Å². The second-order valence-corrected chi connectivity index (χ2v) is 5.49. The highest BCUT2D eigenvalue weighted by Crippen LogP contribution is 2.24. The number of hydrogen-bond acceptors (Lipinski definition) is 7. The van der Waals surface area contributed by atoms with Crippen molar-refractivity contribution in [3.8, 4) is 0 Å². The summed E-state index contributed by atoms with van der Waals surface area (Å²) in [5.41, 5.74) is 2.45. The number of hydrogen-bond donors (Lipinski definition) is 2. The van der Waals surface area contributed by atoms with E-state index in [2.05, 4.69) is 10.3 Å². The number of benzene rings is 1. The lowest BCUT2D eigenvalue weighted by atomic mass is 10.1. The Morgan fingerprint density at radius 1 is 1.40 bits per heavy atom. The van der Waals surface area contributed by atoms with Gasteiger partial charge in [-0.05, 0) is 26.0 Å². The first-order valence-electron chi connectivity index (χ1n) is 7.58. The molecule has 0 aliphatic heterocycles. The number of non-ortho nitro benzene ring substituents is 1. The molecule has 0 radical (unpaired) electrons. The summed E-state index contributed by atoms with van der Waals surface area (Å²) in [6.45, 7) is 3.71. The zero-order valence-electron chi connectivity index (χ0n) is 14.1. The zero-order valence-corrected chi connectivity index (χ0v) is 14.1. The molecule has 8 nitrogen and oxygen atoms in total. The minimum atomic E-state index is -0.614. The van der Waals surface area contributed by atoms with E-state index in [1.807, 2.05) is 0 Å². The van der Waals surface area contributed by atoms with Crippen LogP contribution in [0.2, 0.25) is 0 Å². The van der Waals surface area contributed by atoms with E-state index in [0.717, 1.165) is 5.56 Å². The highest BCUT2D eigenvalue weighted by Gasteiger charge is 2.17. The molecule has 0 fully saturated rings. The number of aliphatic hydroxyl groups is 1. The smallest absolute Gasteiger partial charge is 0.339 e. The van der Waals surface area contributed by atoms with Crippen molar-refractivity contribution in [2.45, 2.75) is 26.5 Å².